The minimum atomic E-state index is -0.660. The fraction of sp³-hybridized carbons (Fsp3) is 0.263. The lowest BCUT2D eigenvalue weighted by Crippen LogP contribution is -2.15. The Morgan fingerprint density at radius 2 is 1.77 bits per heavy atom. The number of Topliss-reactive ketones (excluding diaryl/α,β-unsaturated/α-hetero) is 1. The van der Waals surface area contributed by atoms with E-state index in [1.54, 1.807) is 24.3 Å². The van der Waals surface area contributed by atoms with E-state index in [0.29, 0.717) is 12.4 Å². The number of benzene rings is 2. The zero-order valence-electron chi connectivity index (χ0n) is 14.3. The summed E-state index contributed by atoms with van der Waals surface area (Å²) in [5, 5.41) is 10.6. The number of para-hydroxylation sites is 1. The molecular weight excluding hydrogens is 338 g/mol. The highest BCUT2D eigenvalue weighted by molar-refractivity contribution is 6.00. The lowest BCUT2D eigenvalue weighted by molar-refractivity contribution is -0.384. The van der Waals surface area contributed by atoms with Crippen LogP contribution in [0.25, 0.3) is 0 Å². The number of unbranched alkanes of at least 4 members (excludes halogenated alkanes) is 1. The summed E-state index contributed by atoms with van der Waals surface area (Å²) < 4.78 is 10.6. The molecule has 0 aliphatic rings. The van der Waals surface area contributed by atoms with Crippen molar-refractivity contribution in [3.8, 4) is 5.75 Å². The van der Waals surface area contributed by atoms with Crippen LogP contribution in [0.15, 0.2) is 48.5 Å². The average Bonchev–Trinajstić information content (AvgIpc) is 2.66. The van der Waals surface area contributed by atoms with Gasteiger partial charge in [0.1, 0.15) is 11.3 Å². The van der Waals surface area contributed by atoms with E-state index in [1.165, 1.54) is 24.3 Å². The number of nitro groups is 1. The smallest absolute Gasteiger partial charge is 0.342 e. The zero-order valence-corrected chi connectivity index (χ0v) is 14.3. The van der Waals surface area contributed by atoms with Crippen LogP contribution in [-0.2, 0) is 4.74 Å². The Morgan fingerprint density at radius 1 is 1.08 bits per heavy atom. The van der Waals surface area contributed by atoms with Gasteiger partial charge in [0.05, 0.1) is 11.5 Å². The first-order chi connectivity index (χ1) is 12.5. The molecule has 0 spiro atoms. The topological polar surface area (TPSA) is 95.7 Å². The molecule has 2 rings (SSSR count). The van der Waals surface area contributed by atoms with Crippen LogP contribution in [0.5, 0.6) is 5.75 Å². The summed E-state index contributed by atoms with van der Waals surface area (Å²) in [7, 11) is 0. The van der Waals surface area contributed by atoms with E-state index in [2.05, 4.69) is 0 Å². The van der Waals surface area contributed by atoms with Crippen molar-refractivity contribution in [2.24, 2.45) is 0 Å². The minimum absolute atomic E-state index is 0.114. The molecule has 2 aromatic rings. The molecule has 0 atom stereocenters. The molecular formula is C19H19NO6. The standard InChI is InChI=1S/C19H19NO6/c1-2-3-12-25-18-7-5-4-6-16(18)19(22)26-13-17(21)14-8-10-15(11-9-14)20(23)24/h4-11H,2-3,12-13H2,1H3. The lowest BCUT2D eigenvalue weighted by atomic mass is 10.1. The van der Waals surface area contributed by atoms with E-state index in [9.17, 15) is 19.7 Å². The molecule has 0 unspecified atom stereocenters. The number of esters is 1. The van der Waals surface area contributed by atoms with Gasteiger partial charge in [-0.15, -0.1) is 0 Å². The van der Waals surface area contributed by atoms with E-state index in [0.717, 1.165) is 12.8 Å². The third-order valence-electron chi connectivity index (χ3n) is 3.60. The molecule has 0 N–H and O–H groups in total. The molecule has 0 aliphatic heterocycles. The highest BCUT2D eigenvalue weighted by Gasteiger charge is 2.16. The van der Waals surface area contributed by atoms with Crippen LogP contribution < -0.4 is 4.74 Å². The maximum atomic E-state index is 12.2. The van der Waals surface area contributed by atoms with Crippen molar-refractivity contribution < 1.29 is 24.0 Å². The number of carbonyl (C=O) groups excluding carboxylic acids is 2. The molecule has 2 aromatic carbocycles. The van der Waals surface area contributed by atoms with Crippen LogP contribution in [0.4, 0.5) is 5.69 Å². The first-order valence-electron chi connectivity index (χ1n) is 8.19. The van der Waals surface area contributed by atoms with Gasteiger partial charge >= 0.3 is 5.97 Å². The van der Waals surface area contributed by atoms with Crippen molar-refractivity contribution in [2.45, 2.75) is 19.8 Å². The van der Waals surface area contributed by atoms with E-state index in [-0.39, 0.29) is 16.8 Å². The normalized spacial score (nSPS) is 10.2. The number of carbonyl (C=O) groups is 2. The molecule has 0 saturated carbocycles. The van der Waals surface area contributed by atoms with Crippen molar-refractivity contribution in [1.29, 1.82) is 0 Å². The molecule has 0 aromatic heterocycles. The maximum Gasteiger partial charge on any atom is 0.342 e. The first-order valence-corrected chi connectivity index (χ1v) is 8.19. The number of ketones is 1. The van der Waals surface area contributed by atoms with E-state index >= 15 is 0 Å². The number of hydrogen-bond donors (Lipinski definition) is 0. The predicted octanol–water partition coefficient (Wildman–Crippen LogP) is 3.81. The van der Waals surface area contributed by atoms with Crippen molar-refractivity contribution in [3.05, 3.63) is 69.8 Å². The second-order valence-electron chi connectivity index (χ2n) is 5.50. The van der Waals surface area contributed by atoms with E-state index < -0.39 is 23.3 Å². The molecule has 136 valence electrons. The van der Waals surface area contributed by atoms with Crippen LogP contribution in [-0.4, -0.2) is 29.9 Å². The molecule has 26 heavy (non-hydrogen) atoms. The van der Waals surface area contributed by atoms with Crippen LogP contribution in [0.2, 0.25) is 0 Å². The highest BCUT2D eigenvalue weighted by atomic mass is 16.6. The van der Waals surface area contributed by atoms with Crippen LogP contribution >= 0.6 is 0 Å². The number of hydrogen-bond acceptors (Lipinski definition) is 6. The first kappa shape index (κ1) is 19.1. The van der Waals surface area contributed by atoms with Crippen molar-refractivity contribution in [1.82, 2.24) is 0 Å². The lowest BCUT2D eigenvalue weighted by Gasteiger charge is -2.10. The Balaban J connectivity index is 1.97. The molecule has 7 heteroatoms. The molecule has 0 heterocycles. The zero-order chi connectivity index (χ0) is 18.9. The fourth-order valence-corrected chi connectivity index (χ4v) is 2.15. The Morgan fingerprint density at radius 3 is 2.42 bits per heavy atom. The second kappa shape index (κ2) is 9.31. The monoisotopic (exact) mass is 357 g/mol. The van der Waals surface area contributed by atoms with Crippen LogP contribution in [0.3, 0.4) is 0 Å². The van der Waals surface area contributed by atoms with Crippen LogP contribution in [0, 0.1) is 10.1 Å². The van der Waals surface area contributed by atoms with Crippen molar-refractivity contribution >= 4 is 17.4 Å². The Labute approximate surface area is 150 Å². The largest absolute Gasteiger partial charge is 0.493 e. The van der Waals surface area contributed by atoms with Gasteiger partial charge in [0.25, 0.3) is 5.69 Å². The summed E-state index contributed by atoms with van der Waals surface area (Å²) in [6.45, 7) is 2.07. The van der Waals surface area contributed by atoms with Gasteiger partial charge in [-0.05, 0) is 30.7 Å². The molecule has 0 aliphatic carbocycles. The quantitative estimate of drug-likeness (QED) is 0.223. The Kier molecular flexibility index (Phi) is 6.84. The van der Waals surface area contributed by atoms with E-state index in [1.807, 2.05) is 6.92 Å². The maximum absolute atomic E-state index is 12.2. The van der Waals surface area contributed by atoms with Crippen molar-refractivity contribution in [3.63, 3.8) is 0 Å². The fourth-order valence-electron chi connectivity index (χ4n) is 2.15. The molecule has 0 saturated heterocycles. The summed E-state index contributed by atoms with van der Waals surface area (Å²) in [5.74, 6) is -0.696. The Bertz CT molecular complexity index is 785. The van der Waals surface area contributed by atoms with Gasteiger partial charge in [0, 0.05) is 17.7 Å². The molecule has 0 radical (unpaired) electrons. The van der Waals surface area contributed by atoms with Gasteiger partial charge in [-0.2, -0.15) is 0 Å². The van der Waals surface area contributed by atoms with Gasteiger partial charge in [-0.3, -0.25) is 14.9 Å². The van der Waals surface area contributed by atoms with Crippen molar-refractivity contribution in [2.75, 3.05) is 13.2 Å². The van der Waals surface area contributed by atoms with E-state index in [4.69, 9.17) is 9.47 Å². The number of nitro benzene ring substituents is 1. The van der Waals surface area contributed by atoms with Gasteiger partial charge in [0.2, 0.25) is 0 Å². The SMILES string of the molecule is CCCCOc1ccccc1C(=O)OCC(=O)c1ccc([N+](=O)[O-])cc1. The number of ether oxygens (including phenoxy) is 2. The molecule has 0 fully saturated rings. The average molecular weight is 357 g/mol. The van der Waals surface area contributed by atoms with Gasteiger partial charge < -0.3 is 9.47 Å². The highest BCUT2D eigenvalue weighted by Crippen LogP contribution is 2.20. The number of non-ortho nitro benzene ring substituents is 1. The summed E-state index contributed by atoms with van der Waals surface area (Å²) >= 11 is 0. The molecule has 7 nitrogen and oxygen atoms in total. The second-order valence-corrected chi connectivity index (χ2v) is 5.50. The summed E-state index contributed by atoms with van der Waals surface area (Å²) in [6.07, 6.45) is 1.83. The molecule has 0 bridgehead atoms. The minimum Gasteiger partial charge on any atom is -0.493 e. The number of nitrogens with zero attached hydrogens (tertiary/aromatic N) is 1. The number of rotatable bonds is 9. The van der Waals surface area contributed by atoms with Crippen LogP contribution in [0.1, 0.15) is 40.5 Å². The van der Waals surface area contributed by atoms with Gasteiger partial charge in [-0.1, -0.05) is 25.5 Å². The summed E-state index contributed by atoms with van der Waals surface area (Å²) in [6, 6.07) is 11.8. The summed E-state index contributed by atoms with van der Waals surface area (Å²) in [4.78, 5) is 34.4. The third-order valence-corrected chi connectivity index (χ3v) is 3.60. The molecule has 0 amide bonds. The predicted molar refractivity (Wildman–Crippen MR) is 94.6 cm³/mol. The van der Waals surface area contributed by atoms with Gasteiger partial charge in [0.15, 0.2) is 12.4 Å². The third kappa shape index (κ3) is 5.14. The summed E-state index contributed by atoms with van der Waals surface area (Å²) in [5.41, 5.74) is 0.368. The Hall–Kier alpha value is -3.22. The van der Waals surface area contributed by atoms with Gasteiger partial charge in [-0.25, -0.2) is 4.79 Å².